The first-order chi connectivity index (χ1) is 17.3. The summed E-state index contributed by atoms with van der Waals surface area (Å²) in [6, 6.07) is 12.4. The molecule has 0 saturated carbocycles. The van der Waals surface area contributed by atoms with Crippen molar-refractivity contribution in [3.05, 3.63) is 70.4 Å². The number of nitrogens with one attached hydrogen (secondary N) is 2. The average Bonchev–Trinajstić information content (AvgIpc) is 3.13. The lowest BCUT2D eigenvalue weighted by atomic mass is 10.0. The number of carbonyl (C=O) groups is 2. The van der Waals surface area contributed by atoms with Crippen LogP contribution in [-0.2, 0) is 20.8 Å². The van der Waals surface area contributed by atoms with Crippen molar-refractivity contribution in [2.75, 3.05) is 6.54 Å². The molecule has 1 aliphatic rings. The number of aromatic nitrogens is 1. The maximum atomic E-state index is 12.9. The normalized spacial score (nSPS) is 17.8. The predicted molar refractivity (Wildman–Crippen MR) is 135 cm³/mol. The number of hydrogen-bond donors (Lipinski definition) is 4. The van der Waals surface area contributed by atoms with Crippen molar-refractivity contribution in [3.8, 4) is 0 Å². The molecule has 2 heterocycles. The van der Waals surface area contributed by atoms with E-state index in [1.165, 1.54) is 18.0 Å². The van der Waals surface area contributed by atoms with Gasteiger partial charge < -0.3 is 21.6 Å². The molecule has 13 heteroatoms. The third-order valence-electron chi connectivity index (χ3n) is 5.61. The molecule has 0 aliphatic carbocycles. The van der Waals surface area contributed by atoms with E-state index in [-0.39, 0.29) is 24.0 Å². The van der Waals surface area contributed by atoms with Crippen molar-refractivity contribution in [2.45, 2.75) is 36.2 Å². The summed E-state index contributed by atoms with van der Waals surface area (Å²) in [4.78, 5) is 45.8. The predicted octanol–water partition coefficient (Wildman–Crippen LogP) is 1.62. The fourth-order valence-corrected chi connectivity index (χ4v) is 4.91. The van der Waals surface area contributed by atoms with Gasteiger partial charge in [0, 0.05) is 30.6 Å². The fourth-order valence-electron chi connectivity index (χ4n) is 3.88. The van der Waals surface area contributed by atoms with E-state index < -0.39 is 23.0 Å². The van der Waals surface area contributed by atoms with Crippen molar-refractivity contribution in [3.63, 3.8) is 0 Å². The molecule has 12 nitrogen and oxygen atoms in total. The molecule has 1 aliphatic heterocycles. The number of amides is 1. The lowest BCUT2D eigenvalue weighted by Gasteiger charge is -2.13. The minimum atomic E-state index is -0.827. The summed E-state index contributed by atoms with van der Waals surface area (Å²) in [6.45, 7) is 0.329. The molecule has 3 aromatic rings. The Bertz CT molecular complexity index is 1320. The third kappa shape index (κ3) is 5.75. The van der Waals surface area contributed by atoms with Gasteiger partial charge in [-0.2, -0.15) is 0 Å². The number of nitro groups is 1. The second-order valence-electron chi connectivity index (χ2n) is 8.12. The number of nitro benzene ring substituents is 1. The molecule has 188 valence electrons. The second kappa shape index (κ2) is 11.1. The summed E-state index contributed by atoms with van der Waals surface area (Å²) < 4.78 is 1.83. The van der Waals surface area contributed by atoms with Crippen LogP contribution in [0.4, 0.5) is 5.69 Å². The van der Waals surface area contributed by atoms with Crippen LogP contribution in [-0.4, -0.2) is 45.4 Å². The Morgan fingerprint density at radius 1 is 1.14 bits per heavy atom. The maximum Gasteiger partial charge on any atom is 0.347 e. The lowest BCUT2D eigenvalue weighted by molar-refractivity contribution is -0.387. The van der Waals surface area contributed by atoms with Gasteiger partial charge >= 0.3 is 5.97 Å². The minimum absolute atomic E-state index is 0.00411. The van der Waals surface area contributed by atoms with E-state index in [0.717, 1.165) is 16.5 Å². The van der Waals surface area contributed by atoms with Crippen molar-refractivity contribution in [1.29, 1.82) is 0 Å². The topological polar surface area (TPSA) is 180 Å². The highest BCUT2D eigenvalue weighted by molar-refractivity contribution is 7.98. The SMILES string of the molecule is NC(N)=NCCC[C@@H]1NC(=O)[C@@H](Cc2cn(Sc3ccccc3[N+](=O)[O-])c3ccccc23)NOC1=O. The highest BCUT2D eigenvalue weighted by Gasteiger charge is 2.32. The zero-order valence-electron chi connectivity index (χ0n) is 19.1. The zero-order valence-corrected chi connectivity index (χ0v) is 19.9. The second-order valence-corrected chi connectivity index (χ2v) is 9.13. The molecule has 0 unspecified atom stereocenters. The van der Waals surface area contributed by atoms with Crippen LogP contribution >= 0.6 is 11.9 Å². The summed E-state index contributed by atoms with van der Waals surface area (Å²) in [7, 11) is 0. The largest absolute Gasteiger partial charge is 0.370 e. The number of rotatable bonds is 9. The first-order valence-electron chi connectivity index (χ1n) is 11.2. The van der Waals surface area contributed by atoms with Crippen molar-refractivity contribution < 1.29 is 19.3 Å². The van der Waals surface area contributed by atoms with Gasteiger partial charge in [-0.15, -0.1) is 5.48 Å². The third-order valence-corrected chi connectivity index (χ3v) is 6.65. The zero-order chi connectivity index (χ0) is 25.7. The molecular weight excluding hydrogens is 486 g/mol. The van der Waals surface area contributed by atoms with E-state index in [2.05, 4.69) is 15.8 Å². The minimum Gasteiger partial charge on any atom is -0.370 e. The van der Waals surface area contributed by atoms with Crippen LogP contribution in [0.1, 0.15) is 18.4 Å². The number of hydroxylamine groups is 1. The van der Waals surface area contributed by atoms with Gasteiger partial charge in [0.25, 0.3) is 5.69 Å². The van der Waals surface area contributed by atoms with E-state index >= 15 is 0 Å². The number of fused-ring (bicyclic) bond motifs is 1. The maximum absolute atomic E-state index is 12.9. The highest BCUT2D eigenvalue weighted by atomic mass is 32.2. The fraction of sp³-hybridized carbons (Fsp3) is 0.261. The Balaban J connectivity index is 1.52. The number of para-hydroxylation sites is 2. The van der Waals surface area contributed by atoms with E-state index in [4.69, 9.17) is 16.3 Å². The molecule has 2 atom stereocenters. The number of carbonyl (C=O) groups excluding carboxylic acids is 2. The van der Waals surface area contributed by atoms with Gasteiger partial charge in [0.05, 0.1) is 10.4 Å². The number of nitrogens with zero attached hydrogens (tertiary/aromatic N) is 3. The summed E-state index contributed by atoms with van der Waals surface area (Å²) >= 11 is 1.21. The number of aliphatic imine (C=N–C) groups is 1. The van der Waals surface area contributed by atoms with Crippen molar-refractivity contribution >= 4 is 46.4 Å². The lowest BCUT2D eigenvalue weighted by Crippen LogP contribution is -2.45. The molecule has 0 spiro atoms. The van der Waals surface area contributed by atoms with E-state index in [0.29, 0.717) is 24.3 Å². The summed E-state index contributed by atoms with van der Waals surface area (Å²) in [6.07, 6.45) is 2.87. The van der Waals surface area contributed by atoms with Crippen LogP contribution in [0.15, 0.2) is 64.6 Å². The van der Waals surface area contributed by atoms with Crippen molar-refractivity contribution in [1.82, 2.24) is 14.8 Å². The van der Waals surface area contributed by atoms with Crippen LogP contribution in [0.3, 0.4) is 0 Å². The van der Waals surface area contributed by atoms with Crippen molar-refractivity contribution in [2.24, 2.45) is 16.5 Å². The molecule has 1 saturated heterocycles. The molecule has 4 rings (SSSR count). The number of benzene rings is 2. The summed E-state index contributed by atoms with van der Waals surface area (Å²) in [5.41, 5.74) is 14.8. The standard InChI is InChI=1S/C23H25N7O5S/c24-23(25)26-11-5-7-16-22(32)35-28-17(21(31)27-16)12-14-13-29(18-8-2-1-6-15(14)18)36-20-10-4-3-9-19(20)30(33)34/h1-4,6,8-10,13,16-17,28H,5,7,11-12H2,(H,27,31)(H4,24,25,26)/t16-,17+/m0/s1. The van der Waals surface area contributed by atoms with Gasteiger partial charge in [0.1, 0.15) is 17.0 Å². The molecular formula is C23H25N7O5S. The quantitative estimate of drug-likeness (QED) is 0.109. The molecule has 36 heavy (non-hydrogen) atoms. The Kier molecular flexibility index (Phi) is 7.71. The molecule has 0 radical (unpaired) electrons. The smallest absolute Gasteiger partial charge is 0.347 e. The summed E-state index contributed by atoms with van der Waals surface area (Å²) in [5, 5.41) is 15.1. The Hall–Kier alpha value is -4.10. The first-order valence-corrected chi connectivity index (χ1v) is 11.9. The Morgan fingerprint density at radius 3 is 2.67 bits per heavy atom. The van der Waals surface area contributed by atoms with Gasteiger partial charge in [-0.25, -0.2) is 4.79 Å². The monoisotopic (exact) mass is 511 g/mol. The van der Waals surface area contributed by atoms with Gasteiger partial charge in [0.15, 0.2) is 5.96 Å². The van der Waals surface area contributed by atoms with Crippen LogP contribution in [0.25, 0.3) is 10.9 Å². The first kappa shape index (κ1) is 25.0. The average molecular weight is 512 g/mol. The van der Waals surface area contributed by atoms with Gasteiger partial charge in [0.2, 0.25) is 5.91 Å². The molecule has 6 N–H and O–H groups in total. The van der Waals surface area contributed by atoms with Crippen LogP contribution in [0, 0.1) is 10.1 Å². The van der Waals surface area contributed by atoms with E-state index in [9.17, 15) is 19.7 Å². The Morgan fingerprint density at radius 2 is 1.89 bits per heavy atom. The highest BCUT2D eigenvalue weighted by Crippen LogP contribution is 2.34. The van der Waals surface area contributed by atoms with E-state index in [1.54, 1.807) is 18.2 Å². The van der Waals surface area contributed by atoms with E-state index in [1.807, 2.05) is 34.4 Å². The molecule has 0 bridgehead atoms. The summed E-state index contributed by atoms with van der Waals surface area (Å²) in [5.74, 6) is -1.01. The molecule has 1 fully saturated rings. The number of hydrogen-bond acceptors (Lipinski definition) is 8. The van der Waals surface area contributed by atoms with Gasteiger partial charge in [-0.3, -0.25) is 23.9 Å². The van der Waals surface area contributed by atoms with Crippen LogP contribution in [0.2, 0.25) is 0 Å². The Labute approximate surface area is 210 Å². The van der Waals surface area contributed by atoms with Gasteiger partial charge in [-0.05, 0) is 42.5 Å². The number of nitrogens with two attached hydrogens (primary N) is 2. The molecule has 1 amide bonds. The molecule has 1 aromatic heterocycles. The molecule has 2 aromatic carbocycles. The van der Waals surface area contributed by atoms with Crippen LogP contribution < -0.4 is 22.3 Å². The van der Waals surface area contributed by atoms with Gasteiger partial charge in [-0.1, -0.05) is 30.3 Å². The number of guanidine groups is 1. The van der Waals surface area contributed by atoms with Crippen LogP contribution in [0.5, 0.6) is 0 Å².